The van der Waals surface area contributed by atoms with Crippen LogP contribution in [0.15, 0.2) is 24.3 Å². The third kappa shape index (κ3) is 5.28. The van der Waals surface area contributed by atoms with Gasteiger partial charge in [0.15, 0.2) is 0 Å². The second-order valence-corrected chi connectivity index (χ2v) is 9.05. The van der Waals surface area contributed by atoms with Crippen LogP contribution in [-0.4, -0.2) is 63.0 Å². The van der Waals surface area contributed by atoms with Crippen LogP contribution in [0.3, 0.4) is 0 Å². The van der Waals surface area contributed by atoms with Gasteiger partial charge in [0.1, 0.15) is 0 Å². The number of hydrogen-bond acceptors (Lipinski definition) is 4. The fourth-order valence-corrected chi connectivity index (χ4v) is 4.50. The maximum absolute atomic E-state index is 12.4. The van der Waals surface area contributed by atoms with Crippen LogP contribution in [0.25, 0.3) is 0 Å². The quantitative estimate of drug-likeness (QED) is 0.813. The molecule has 0 aromatic heterocycles. The monoisotopic (exact) mass is 353 g/mol. The Morgan fingerprint density at radius 1 is 1.12 bits per heavy atom. The van der Waals surface area contributed by atoms with E-state index in [9.17, 15) is 8.42 Å². The van der Waals surface area contributed by atoms with Gasteiger partial charge in [0.05, 0.1) is 5.75 Å². The van der Waals surface area contributed by atoms with Crippen molar-refractivity contribution in [3.05, 3.63) is 35.4 Å². The molecule has 1 heterocycles. The van der Waals surface area contributed by atoms with Crippen molar-refractivity contribution in [2.24, 2.45) is 0 Å². The van der Waals surface area contributed by atoms with E-state index in [1.165, 1.54) is 0 Å². The van der Waals surface area contributed by atoms with Crippen molar-refractivity contribution in [3.63, 3.8) is 0 Å². The molecule has 0 aliphatic carbocycles. The lowest BCUT2D eigenvalue weighted by Crippen LogP contribution is -2.58. The average Bonchev–Trinajstić information content (AvgIpc) is 2.55. The molecule has 1 N–H and O–H groups in total. The number of likely N-dealkylation sites (N-methyl/N-ethyl adjacent to an activating group) is 1. The molecule has 6 heteroatoms. The second kappa shape index (κ2) is 7.95. The Balaban J connectivity index is 1.92. The number of piperazine rings is 1. The van der Waals surface area contributed by atoms with Crippen molar-refractivity contribution < 1.29 is 8.42 Å². The summed E-state index contributed by atoms with van der Waals surface area (Å²) in [6, 6.07) is 7.64. The summed E-state index contributed by atoms with van der Waals surface area (Å²) in [7, 11) is -3.33. The van der Waals surface area contributed by atoms with E-state index < -0.39 is 10.0 Å². The van der Waals surface area contributed by atoms with Gasteiger partial charge in [-0.2, -0.15) is 0 Å². The summed E-state index contributed by atoms with van der Waals surface area (Å²) in [5.74, 6) is 0.0410. The van der Waals surface area contributed by atoms with Crippen LogP contribution in [0.2, 0.25) is 0 Å². The number of hydrogen-bond donors (Lipinski definition) is 1. The van der Waals surface area contributed by atoms with Crippen LogP contribution in [0, 0.1) is 6.92 Å². The molecule has 0 atom stereocenters. The first-order chi connectivity index (χ1) is 11.2. The minimum atomic E-state index is -3.33. The minimum Gasteiger partial charge on any atom is -0.301 e. The zero-order valence-corrected chi connectivity index (χ0v) is 16.2. The van der Waals surface area contributed by atoms with Crippen molar-refractivity contribution in [3.8, 4) is 0 Å². The number of rotatable bonds is 7. The van der Waals surface area contributed by atoms with Crippen LogP contribution in [-0.2, 0) is 15.8 Å². The predicted molar refractivity (Wildman–Crippen MR) is 99.6 cm³/mol. The van der Waals surface area contributed by atoms with Crippen LogP contribution < -0.4 is 4.72 Å². The molecule has 0 spiro atoms. The number of aryl methyl sites for hydroxylation is 1. The summed E-state index contributed by atoms with van der Waals surface area (Å²) < 4.78 is 27.7. The number of benzene rings is 1. The lowest BCUT2D eigenvalue weighted by Gasteiger charge is -2.44. The molecule has 0 unspecified atom stereocenters. The molecule has 1 aliphatic heterocycles. The highest BCUT2D eigenvalue weighted by molar-refractivity contribution is 7.88. The first-order valence-electron chi connectivity index (χ1n) is 8.73. The Morgan fingerprint density at radius 2 is 1.75 bits per heavy atom. The summed E-state index contributed by atoms with van der Waals surface area (Å²) in [5, 5.41) is 0. The minimum absolute atomic E-state index is 0.0410. The van der Waals surface area contributed by atoms with Gasteiger partial charge in [0.25, 0.3) is 0 Å². The molecule has 1 saturated heterocycles. The summed E-state index contributed by atoms with van der Waals surface area (Å²) in [6.07, 6.45) is 0. The van der Waals surface area contributed by atoms with Crippen LogP contribution >= 0.6 is 0 Å². The molecule has 24 heavy (non-hydrogen) atoms. The molecule has 0 radical (unpaired) electrons. The SMILES string of the molecule is CCN1CCN(C(C)(C)CNS(=O)(=O)Cc2ccccc2C)CC1. The van der Waals surface area contributed by atoms with Crippen molar-refractivity contribution in [1.82, 2.24) is 14.5 Å². The Hall–Kier alpha value is -0.950. The molecule has 0 amide bonds. The molecule has 2 rings (SSSR count). The van der Waals surface area contributed by atoms with Gasteiger partial charge in [-0.25, -0.2) is 13.1 Å². The fourth-order valence-electron chi connectivity index (χ4n) is 3.10. The zero-order valence-electron chi connectivity index (χ0n) is 15.4. The molecule has 136 valence electrons. The lowest BCUT2D eigenvalue weighted by molar-refractivity contribution is 0.0571. The van der Waals surface area contributed by atoms with Gasteiger partial charge in [-0.05, 0) is 38.4 Å². The molecule has 0 saturated carbocycles. The van der Waals surface area contributed by atoms with Gasteiger partial charge >= 0.3 is 0 Å². The maximum atomic E-state index is 12.4. The molecular formula is C18H31N3O2S. The van der Waals surface area contributed by atoms with Crippen LogP contribution in [0.5, 0.6) is 0 Å². The van der Waals surface area contributed by atoms with Gasteiger partial charge in [-0.15, -0.1) is 0 Å². The molecule has 0 bridgehead atoms. The second-order valence-electron chi connectivity index (χ2n) is 7.24. The fraction of sp³-hybridized carbons (Fsp3) is 0.667. The van der Waals surface area contributed by atoms with E-state index in [1.54, 1.807) is 0 Å². The highest BCUT2D eigenvalue weighted by atomic mass is 32.2. The summed E-state index contributed by atoms with van der Waals surface area (Å²) in [4.78, 5) is 4.81. The van der Waals surface area contributed by atoms with Gasteiger partial charge in [0, 0.05) is 38.3 Å². The number of nitrogens with zero attached hydrogens (tertiary/aromatic N) is 2. The topological polar surface area (TPSA) is 52.6 Å². The van der Waals surface area contributed by atoms with Gasteiger partial charge < -0.3 is 4.90 Å². The molecular weight excluding hydrogens is 322 g/mol. The standard InChI is InChI=1S/C18H31N3O2S/c1-5-20-10-12-21(13-11-20)18(3,4)15-19-24(22,23)14-17-9-7-6-8-16(17)2/h6-9,19H,5,10-15H2,1-4H3. The Labute approximate surface area is 147 Å². The molecule has 1 aromatic rings. The molecule has 1 aromatic carbocycles. The Morgan fingerprint density at radius 3 is 2.33 bits per heavy atom. The molecule has 1 fully saturated rings. The lowest BCUT2D eigenvalue weighted by atomic mass is 10.0. The van der Waals surface area contributed by atoms with E-state index in [-0.39, 0.29) is 11.3 Å². The van der Waals surface area contributed by atoms with Crippen molar-refractivity contribution in [2.75, 3.05) is 39.3 Å². The normalized spacial score (nSPS) is 18.0. The van der Waals surface area contributed by atoms with E-state index in [4.69, 9.17) is 0 Å². The van der Waals surface area contributed by atoms with Crippen molar-refractivity contribution in [1.29, 1.82) is 0 Å². The van der Waals surface area contributed by atoms with Crippen LogP contribution in [0.4, 0.5) is 0 Å². The third-order valence-electron chi connectivity index (χ3n) is 5.01. The Bertz CT molecular complexity index is 635. The Kier molecular flexibility index (Phi) is 6.42. The average molecular weight is 354 g/mol. The highest BCUT2D eigenvalue weighted by Crippen LogP contribution is 2.17. The highest BCUT2D eigenvalue weighted by Gasteiger charge is 2.30. The van der Waals surface area contributed by atoms with Crippen LogP contribution in [0.1, 0.15) is 31.9 Å². The largest absolute Gasteiger partial charge is 0.301 e. The smallest absolute Gasteiger partial charge is 0.215 e. The molecule has 5 nitrogen and oxygen atoms in total. The van der Waals surface area contributed by atoms with Gasteiger partial charge in [-0.1, -0.05) is 31.2 Å². The predicted octanol–water partition coefficient (Wildman–Crippen LogP) is 1.83. The van der Waals surface area contributed by atoms with E-state index in [1.807, 2.05) is 31.2 Å². The molecule has 1 aliphatic rings. The third-order valence-corrected chi connectivity index (χ3v) is 6.28. The summed E-state index contributed by atoms with van der Waals surface area (Å²) >= 11 is 0. The first kappa shape index (κ1) is 19.4. The van der Waals surface area contributed by atoms with E-state index in [0.29, 0.717) is 6.54 Å². The van der Waals surface area contributed by atoms with Gasteiger partial charge in [0.2, 0.25) is 10.0 Å². The number of sulfonamides is 1. The van der Waals surface area contributed by atoms with Gasteiger partial charge in [-0.3, -0.25) is 4.90 Å². The zero-order chi connectivity index (χ0) is 17.8. The van der Waals surface area contributed by atoms with Crippen molar-refractivity contribution in [2.45, 2.75) is 39.0 Å². The maximum Gasteiger partial charge on any atom is 0.215 e. The number of nitrogens with one attached hydrogen (secondary N) is 1. The summed E-state index contributed by atoms with van der Waals surface area (Å²) in [6.45, 7) is 14.0. The van der Waals surface area contributed by atoms with E-state index in [0.717, 1.165) is 43.9 Å². The van der Waals surface area contributed by atoms with E-state index in [2.05, 4.69) is 35.3 Å². The van der Waals surface area contributed by atoms with E-state index >= 15 is 0 Å². The van der Waals surface area contributed by atoms with Crippen molar-refractivity contribution >= 4 is 10.0 Å². The first-order valence-corrected chi connectivity index (χ1v) is 10.4. The summed E-state index contributed by atoms with van der Waals surface area (Å²) in [5.41, 5.74) is 1.69.